The molecule has 2 amide bonds. The number of nitrogens with one attached hydrogen (secondary N) is 2. The fraction of sp³-hybridized carbons (Fsp3) is 0.364. The normalized spacial score (nSPS) is 10.4. The highest BCUT2D eigenvalue weighted by Gasteiger charge is 2.07. The van der Waals surface area contributed by atoms with Crippen molar-refractivity contribution in [3.63, 3.8) is 0 Å². The third-order valence-corrected chi connectivity index (χ3v) is 3.28. The van der Waals surface area contributed by atoms with Crippen molar-refractivity contribution in [2.45, 2.75) is 20.4 Å². The van der Waals surface area contributed by atoms with Crippen LogP contribution >= 0.6 is 11.3 Å². The molecular formula is C11H15N5OS. The van der Waals surface area contributed by atoms with Gasteiger partial charge in [0.15, 0.2) is 0 Å². The molecule has 2 aromatic heterocycles. The van der Waals surface area contributed by atoms with Crippen LogP contribution < -0.4 is 10.6 Å². The van der Waals surface area contributed by atoms with Crippen molar-refractivity contribution in [1.82, 2.24) is 20.1 Å². The van der Waals surface area contributed by atoms with E-state index >= 15 is 0 Å². The minimum Gasteiger partial charge on any atom is -0.331 e. The summed E-state index contributed by atoms with van der Waals surface area (Å²) in [7, 11) is 1.78. The van der Waals surface area contributed by atoms with E-state index in [-0.39, 0.29) is 6.03 Å². The maximum atomic E-state index is 11.7. The third kappa shape index (κ3) is 3.07. The van der Waals surface area contributed by atoms with Gasteiger partial charge in [-0.05, 0) is 13.8 Å². The lowest BCUT2D eigenvalue weighted by molar-refractivity contribution is 0.251. The first-order valence-corrected chi connectivity index (χ1v) is 6.39. The van der Waals surface area contributed by atoms with E-state index in [0.29, 0.717) is 12.4 Å². The van der Waals surface area contributed by atoms with Gasteiger partial charge in [-0.15, -0.1) is 11.3 Å². The topological polar surface area (TPSA) is 71.8 Å². The molecular weight excluding hydrogens is 250 g/mol. The highest BCUT2D eigenvalue weighted by molar-refractivity contribution is 7.09. The second kappa shape index (κ2) is 5.18. The summed E-state index contributed by atoms with van der Waals surface area (Å²) in [5.41, 5.74) is 1.84. The number of rotatable bonds is 3. The molecule has 96 valence electrons. The van der Waals surface area contributed by atoms with Gasteiger partial charge in [0.25, 0.3) is 0 Å². The van der Waals surface area contributed by atoms with Crippen molar-refractivity contribution in [1.29, 1.82) is 0 Å². The Kier molecular flexibility index (Phi) is 3.61. The molecule has 0 saturated heterocycles. The van der Waals surface area contributed by atoms with E-state index < -0.39 is 0 Å². The number of amides is 2. The van der Waals surface area contributed by atoms with Gasteiger partial charge in [0.05, 0.1) is 12.2 Å². The third-order valence-electron chi connectivity index (χ3n) is 2.31. The molecule has 7 heteroatoms. The number of nitrogens with zero attached hydrogens (tertiary/aromatic N) is 3. The molecule has 0 fully saturated rings. The van der Waals surface area contributed by atoms with E-state index in [4.69, 9.17) is 0 Å². The number of carbonyl (C=O) groups excluding carboxylic acids is 1. The van der Waals surface area contributed by atoms with E-state index in [0.717, 1.165) is 16.4 Å². The Morgan fingerprint density at radius 3 is 2.78 bits per heavy atom. The molecule has 0 radical (unpaired) electrons. The van der Waals surface area contributed by atoms with E-state index in [2.05, 4.69) is 20.7 Å². The average molecular weight is 265 g/mol. The number of hydrogen-bond donors (Lipinski definition) is 2. The summed E-state index contributed by atoms with van der Waals surface area (Å²) >= 11 is 1.53. The predicted octanol–water partition coefficient (Wildman–Crippen LogP) is 1.82. The molecule has 0 aliphatic rings. The first-order valence-electron chi connectivity index (χ1n) is 5.51. The van der Waals surface area contributed by atoms with E-state index in [9.17, 15) is 4.79 Å². The van der Waals surface area contributed by atoms with Crippen LogP contribution in [0, 0.1) is 13.8 Å². The number of anilines is 1. The van der Waals surface area contributed by atoms with Crippen LogP contribution in [-0.2, 0) is 13.6 Å². The minimum absolute atomic E-state index is 0.258. The van der Waals surface area contributed by atoms with Gasteiger partial charge in [0.2, 0.25) is 0 Å². The van der Waals surface area contributed by atoms with Crippen LogP contribution in [0.2, 0.25) is 0 Å². The molecule has 0 spiro atoms. The Labute approximate surface area is 109 Å². The summed E-state index contributed by atoms with van der Waals surface area (Å²) in [5, 5.41) is 12.5. The molecule has 0 aliphatic heterocycles. The van der Waals surface area contributed by atoms with Crippen LogP contribution in [0.5, 0.6) is 0 Å². The van der Waals surface area contributed by atoms with Crippen LogP contribution in [0.1, 0.15) is 16.4 Å². The standard InChI is InChI=1S/C11H15N5OS/c1-7-4-9(16(3)15-7)14-11(17)12-5-10-13-8(2)6-18-10/h4,6H,5H2,1-3H3,(H2,12,14,17). The maximum Gasteiger partial charge on any atom is 0.320 e. The van der Waals surface area contributed by atoms with Gasteiger partial charge in [0.1, 0.15) is 10.8 Å². The molecule has 2 aromatic rings. The van der Waals surface area contributed by atoms with Crippen LogP contribution in [-0.4, -0.2) is 20.8 Å². The molecule has 0 aromatic carbocycles. The zero-order valence-electron chi connectivity index (χ0n) is 10.5. The number of urea groups is 1. The Hall–Kier alpha value is -1.89. The van der Waals surface area contributed by atoms with Crippen molar-refractivity contribution < 1.29 is 4.79 Å². The zero-order chi connectivity index (χ0) is 13.1. The number of aromatic nitrogens is 3. The Balaban J connectivity index is 1.87. The number of aryl methyl sites for hydroxylation is 3. The monoisotopic (exact) mass is 265 g/mol. The molecule has 0 atom stereocenters. The Morgan fingerprint density at radius 1 is 1.44 bits per heavy atom. The van der Waals surface area contributed by atoms with Crippen molar-refractivity contribution in [3.8, 4) is 0 Å². The van der Waals surface area contributed by atoms with Crippen molar-refractivity contribution in [2.24, 2.45) is 7.05 Å². The number of carbonyl (C=O) groups is 1. The summed E-state index contributed by atoms with van der Waals surface area (Å²) in [6.45, 7) is 4.24. The van der Waals surface area contributed by atoms with Gasteiger partial charge in [-0.1, -0.05) is 0 Å². The second-order valence-electron chi connectivity index (χ2n) is 3.98. The molecule has 2 heterocycles. The molecule has 0 unspecified atom stereocenters. The first-order chi connectivity index (χ1) is 8.54. The molecule has 0 saturated carbocycles. The maximum absolute atomic E-state index is 11.7. The molecule has 2 rings (SSSR count). The van der Waals surface area contributed by atoms with Gasteiger partial charge in [-0.2, -0.15) is 5.10 Å². The van der Waals surface area contributed by atoms with Crippen molar-refractivity contribution >= 4 is 23.2 Å². The van der Waals surface area contributed by atoms with Crippen LogP contribution in [0.3, 0.4) is 0 Å². The smallest absolute Gasteiger partial charge is 0.320 e. The van der Waals surface area contributed by atoms with Gasteiger partial charge in [0, 0.05) is 24.2 Å². The largest absolute Gasteiger partial charge is 0.331 e. The summed E-state index contributed by atoms with van der Waals surface area (Å²) in [4.78, 5) is 15.9. The van der Waals surface area contributed by atoms with Crippen LogP contribution in [0.15, 0.2) is 11.4 Å². The lowest BCUT2D eigenvalue weighted by atomic mass is 10.5. The van der Waals surface area contributed by atoms with E-state index in [1.165, 1.54) is 11.3 Å². The fourth-order valence-electron chi connectivity index (χ4n) is 1.53. The van der Waals surface area contributed by atoms with Crippen LogP contribution in [0.4, 0.5) is 10.6 Å². The Bertz CT molecular complexity index is 560. The highest BCUT2D eigenvalue weighted by atomic mass is 32.1. The molecule has 0 bridgehead atoms. The van der Waals surface area contributed by atoms with Gasteiger partial charge >= 0.3 is 6.03 Å². The number of hydrogen-bond acceptors (Lipinski definition) is 4. The molecule has 2 N–H and O–H groups in total. The Morgan fingerprint density at radius 2 is 2.22 bits per heavy atom. The quantitative estimate of drug-likeness (QED) is 0.889. The van der Waals surface area contributed by atoms with Gasteiger partial charge < -0.3 is 5.32 Å². The highest BCUT2D eigenvalue weighted by Crippen LogP contribution is 2.09. The molecule has 18 heavy (non-hydrogen) atoms. The SMILES string of the molecule is Cc1csc(CNC(=O)Nc2cc(C)nn2C)n1. The van der Waals surface area contributed by atoms with Gasteiger partial charge in [-0.25, -0.2) is 9.78 Å². The molecule has 0 aliphatic carbocycles. The minimum atomic E-state index is -0.258. The first kappa shape index (κ1) is 12.6. The fourth-order valence-corrected chi connectivity index (χ4v) is 2.24. The second-order valence-corrected chi connectivity index (χ2v) is 4.93. The average Bonchev–Trinajstić information content (AvgIpc) is 2.83. The zero-order valence-corrected chi connectivity index (χ0v) is 11.3. The summed E-state index contributed by atoms with van der Waals surface area (Å²) in [6, 6.07) is 1.55. The lowest BCUT2D eigenvalue weighted by Crippen LogP contribution is -2.29. The van der Waals surface area contributed by atoms with Gasteiger partial charge in [-0.3, -0.25) is 10.00 Å². The van der Waals surface area contributed by atoms with Crippen molar-refractivity contribution in [3.05, 3.63) is 27.8 Å². The molecule has 6 nitrogen and oxygen atoms in total. The van der Waals surface area contributed by atoms with Crippen LogP contribution in [0.25, 0.3) is 0 Å². The van der Waals surface area contributed by atoms with E-state index in [1.54, 1.807) is 11.7 Å². The van der Waals surface area contributed by atoms with E-state index in [1.807, 2.05) is 25.3 Å². The lowest BCUT2D eigenvalue weighted by Gasteiger charge is -2.05. The number of thiazole rings is 1. The predicted molar refractivity (Wildman–Crippen MR) is 70.7 cm³/mol. The summed E-state index contributed by atoms with van der Waals surface area (Å²) in [5.74, 6) is 0.667. The summed E-state index contributed by atoms with van der Waals surface area (Å²) in [6.07, 6.45) is 0. The van der Waals surface area contributed by atoms with Crippen molar-refractivity contribution in [2.75, 3.05) is 5.32 Å². The summed E-state index contributed by atoms with van der Waals surface area (Å²) < 4.78 is 1.63.